The summed E-state index contributed by atoms with van der Waals surface area (Å²) in [5.74, 6) is 0.592. The highest BCUT2D eigenvalue weighted by atomic mass is 16.4. The second-order valence-corrected chi connectivity index (χ2v) is 5.89. The van der Waals surface area contributed by atoms with E-state index in [0.29, 0.717) is 18.5 Å². The van der Waals surface area contributed by atoms with Crippen LogP contribution in [0.5, 0.6) is 0 Å². The summed E-state index contributed by atoms with van der Waals surface area (Å²) in [6.45, 7) is 3.48. The molecule has 20 heavy (non-hydrogen) atoms. The zero-order valence-corrected chi connectivity index (χ0v) is 11.8. The van der Waals surface area contributed by atoms with Gasteiger partial charge in [-0.15, -0.1) is 5.10 Å². The van der Waals surface area contributed by atoms with Crippen LogP contribution in [0.15, 0.2) is 0 Å². The standard InChI is InChI=1S/C13H21N5O2/c1-2-9-5-6-17(11(7-9)13(19)20)8-12-14-15-16-18(12)10-3-4-10/h9-11H,2-8H2,1H3,(H,19,20). The van der Waals surface area contributed by atoms with Gasteiger partial charge in [-0.3, -0.25) is 9.69 Å². The molecule has 110 valence electrons. The number of carbonyl (C=O) groups is 1. The maximum absolute atomic E-state index is 11.5. The summed E-state index contributed by atoms with van der Waals surface area (Å²) in [5, 5.41) is 21.3. The minimum atomic E-state index is -0.728. The van der Waals surface area contributed by atoms with E-state index in [0.717, 1.165) is 44.5 Å². The van der Waals surface area contributed by atoms with Gasteiger partial charge in [0.05, 0.1) is 12.6 Å². The Morgan fingerprint density at radius 1 is 1.40 bits per heavy atom. The van der Waals surface area contributed by atoms with Crippen molar-refractivity contribution in [2.24, 2.45) is 5.92 Å². The van der Waals surface area contributed by atoms with Crippen molar-refractivity contribution in [1.29, 1.82) is 0 Å². The van der Waals surface area contributed by atoms with Gasteiger partial charge in [-0.1, -0.05) is 13.3 Å². The third-order valence-corrected chi connectivity index (χ3v) is 4.48. The van der Waals surface area contributed by atoms with Gasteiger partial charge in [-0.2, -0.15) is 0 Å². The molecule has 1 N–H and O–H groups in total. The molecule has 1 saturated carbocycles. The molecule has 0 radical (unpaired) electrons. The van der Waals surface area contributed by atoms with Crippen LogP contribution in [-0.2, 0) is 11.3 Å². The van der Waals surface area contributed by atoms with Crippen LogP contribution < -0.4 is 0 Å². The molecular formula is C13H21N5O2. The molecule has 1 saturated heterocycles. The highest BCUT2D eigenvalue weighted by Gasteiger charge is 2.35. The Bertz CT molecular complexity index is 485. The maximum Gasteiger partial charge on any atom is 0.320 e. The summed E-state index contributed by atoms with van der Waals surface area (Å²) < 4.78 is 1.87. The lowest BCUT2D eigenvalue weighted by molar-refractivity contribution is -0.145. The lowest BCUT2D eigenvalue weighted by atomic mass is 9.89. The summed E-state index contributed by atoms with van der Waals surface area (Å²) >= 11 is 0. The average molecular weight is 279 g/mol. The number of rotatable bonds is 5. The number of hydrogen-bond donors (Lipinski definition) is 1. The number of aliphatic carboxylic acids is 1. The van der Waals surface area contributed by atoms with Crippen molar-refractivity contribution in [2.45, 2.75) is 57.7 Å². The monoisotopic (exact) mass is 279 g/mol. The molecule has 2 heterocycles. The van der Waals surface area contributed by atoms with Crippen molar-refractivity contribution in [2.75, 3.05) is 6.54 Å². The van der Waals surface area contributed by atoms with E-state index in [9.17, 15) is 9.90 Å². The van der Waals surface area contributed by atoms with Crippen LogP contribution in [0.2, 0.25) is 0 Å². The van der Waals surface area contributed by atoms with E-state index < -0.39 is 12.0 Å². The average Bonchev–Trinajstić information content (AvgIpc) is 3.19. The van der Waals surface area contributed by atoms with E-state index in [4.69, 9.17) is 0 Å². The van der Waals surface area contributed by atoms with Crippen LogP contribution in [-0.4, -0.2) is 48.8 Å². The highest BCUT2D eigenvalue weighted by Crippen LogP contribution is 2.35. The van der Waals surface area contributed by atoms with E-state index in [-0.39, 0.29) is 0 Å². The Morgan fingerprint density at radius 3 is 2.85 bits per heavy atom. The molecule has 1 aromatic heterocycles. The Hall–Kier alpha value is -1.50. The van der Waals surface area contributed by atoms with Gasteiger partial charge < -0.3 is 5.11 Å². The molecule has 1 aliphatic heterocycles. The fourth-order valence-electron chi connectivity index (χ4n) is 3.00. The largest absolute Gasteiger partial charge is 0.480 e. The minimum Gasteiger partial charge on any atom is -0.480 e. The Morgan fingerprint density at radius 2 is 2.20 bits per heavy atom. The molecule has 7 heteroatoms. The van der Waals surface area contributed by atoms with Gasteiger partial charge >= 0.3 is 5.97 Å². The zero-order valence-electron chi connectivity index (χ0n) is 11.8. The van der Waals surface area contributed by atoms with E-state index in [1.807, 2.05) is 9.58 Å². The van der Waals surface area contributed by atoms with Crippen molar-refractivity contribution in [3.05, 3.63) is 5.82 Å². The summed E-state index contributed by atoms with van der Waals surface area (Å²) in [6, 6.07) is 0.0227. The molecule has 2 fully saturated rings. The number of piperidine rings is 1. The van der Waals surface area contributed by atoms with Gasteiger partial charge in [0.1, 0.15) is 6.04 Å². The van der Waals surface area contributed by atoms with Crippen LogP contribution in [0.1, 0.15) is 50.9 Å². The number of carboxylic acid groups (broad SMARTS) is 1. The molecule has 0 spiro atoms. The molecule has 2 unspecified atom stereocenters. The van der Waals surface area contributed by atoms with E-state index in [2.05, 4.69) is 22.4 Å². The van der Waals surface area contributed by atoms with Crippen LogP contribution >= 0.6 is 0 Å². The fourth-order valence-corrected chi connectivity index (χ4v) is 3.00. The topological polar surface area (TPSA) is 84.1 Å². The van der Waals surface area contributed by atoms with Crippen LogP contribution in [0, 0.1) is 5.92 Å². The van der Waals surface area contributed by atoms with Gasteiger partial charge in [0.15, 0.2) is 5.82 Å². The molecular weight excluding hydrogens is 258 g/mol. The number of nitrogens with zero attached hydrogens (tertiary/aromatic N) is 5. The summed E-state index contributed by atoms with van der Waals surface area (Å²) in [4.78, 5) is 13.5. The number of tetrazole rings is 1. The first kappa shape index (κ1) is 13.5. The number of aromatic nitrogens is 4. The Kier molecular flexibility index (Phi) is 3.69. The molecule has 2 atom stereocenters. The number of carboxylic acids is 1. The summed E-state index contributed by atoms with van der Waals surface area (Å²) in [5.41, 5.74) is 0. The number of hydrogen-bond acceptors (Lipinski definition) is 5. The molecule has 7 nitrogen and oxygen atoms in total. The lowest BCUT2D eigenvalue weighted by Crippen LogP contribution is -2.47. The van der Waals surface area contributed by atoms with E-state index in [1.54, 1.807) is 0 Å². The minimum absolute atomic E-state index is 0.405. The van der Waals surface area contributed by atoms with Gasteiger partial charge in [0, 0.05) is 0 Å². The van der Waals surface area contributed by atoms with Crippen molar-refractivity contribution >= 4 is 5.97 Å². The molecule has 3 rings (SSSR count). The fraction of sp³-hybridized carbons (Fsp3) is 0.846. The van der Waals surface area contributed by atoms with Gasteiger partial charge in [-0.05, 0) is 48.6 Å². The van der Waals surface area contributed by atoms with E-state index in [1.165, 1.54) is 0 Å². The predicted molar refractivity (Wildman–Crippen MR) is 70.9 cm³/mol. The van der Waals surface area contributed by atoms with Crippen LogP contribution in [0.25, 0.3) is 0 Å². The van der Waals surface area contributed by atoms with E-state index >= 15 is 0 Å². The first-order valence-corrected chi connectivity index (χ1v) is 7.42. The van der Waals surface area contributed by atoms with Crippen molar-refractivity contribution in [1.82, 2.24) is 25.1 Å². The Balaban J connectivity index is 1.71. The first-order chi connectivity index (χ1) is 9.69. The van der Waals surface area contributed by atoms with Gasteiger partial charge in [0.25, 0.3) is 0 Å². The van der Waals surface area contributed by atoms with Gasteiger partial charge in [-0.25, -0.2) is 4.68 Å². The zero-order chi connectivity index (χ0) is 14.1. The molecule has 0 aromatic carbocycles. The third-order valence-electron chi connectivity index (χ3n) is 4.48. The molecule has 2 aliphatic rings. The molecule has 1 aromatic rings. The number of likely N-dealkylation sites (tertiary alicyclic amines) is 1. The molecule has 0 bridgehead atoms. The van der Waals surface area contributed by atoms with Gasteiger partial charge in [0.2, 0.25) is 0 Å². The maximum atomic E-state index is 11.5. The SMILES string of the molecule is CCC1CCN(Cc2nnnn2C2CC2)C(C(=O)O)C1. The van der Waals surface area contributed by atoms with Crippen LogP contribution in [0.4, 0.5) is 0 Å². The lowest BCUT2D eigenvalue weighted by Gasteiger charge is -2.36. The smallest absolute Gasteiger partial charge is 0.320 e. The second kappa shape index (κ2) is 5.47. The summed E-state index contributed by atoms with van der Waals surface area (Å²) in [6.07, 6.45) is 5.09. The van der Waals surface area contributed by atoms with Crippen LogP contribution in [0.3, 0.4) is 0 Å². The molecule has 1 aliphatic carbocycles. The first-order valence-electron chi connectivity index (χ1n) is 7.42. The summed E-state index contributed by atoms with van der Waals surface area (Å²) in [7, 11) is 0. The second-order valence-electron chi connectivity index (χ2n) is 5.89. The van der Waals surface area contributed by atoms with Crippen molar-refractivity contribution in [3.63, 3.8) is 0 Å². The Labute approximate surface area is 117 Å². The molecule has 0 amide bonds. The highest BCUT2D eigenvalue weighted by molar-refractivity contribution is 5.73. The normalized spacial score (nSPS) is 27.6. The van der Waals surface area contributed by atoms with Crippen molar-refractivity contribution < 1.29 is 9.90 Å². The third kappa shape index (κ3) is 2.67. The van der Waals surface area contributed by atoms with Crippen molar-refractivity contribution in [3.8, 4) is 0 Å². The predicted octanol–water partition coefficient (Wildman–Crippen LogP) is 1.08. The quantitative estimate of drug-likeness (QED) is 0.868.